The Balaban J connectivity index is 4.78. The summed E-state index contributed by atoms with van der Waals surface area (Å²) in [5, 5.41) is 8.86. The number of halogens is 3. The summed E-state index contributed by atoms with van der Waals surface area (Å²) in [6.07, 6.45) is -4.41. The molecule has 0 aliphatic carbocycles. The fourth-order valence-corrected chi connectivity index (χ4v) is 1.45. The Bertz CT molecular complexity index is 231. The number of alkyl halides is 3. The van der Waals surface area contributed by atoms with E-state index in [0.29, 0.717) is 0 Å². The highest BCUT2D eigenvalue weighted by Gasteiger charge is 2.37. The summed E-state index contributed by atoms with van der Waals surface area (Å²) < 4.78 is 36.8. The van der Waals surface area contributed by atoms with Crippen LogP contribution >= 0.6 is 0 Å². The van der Waals surface area contributed by atoms with Crippen LogP contribution in [0.5, 0.6) is 0 Å². The Morgan fingerprint density at radius 3 is 2.19 bits per heavy atom. The van der Waals surface area contributed by atoms with Crippen LogP contribution in [0.15, 0.2) is 0 Å². The number of nitrogens with zero attached hydrogens (tertiary/aromatic N) is 1. The lowest BCUT2D eigenvalue weighted by Crippen LogP contribution is -2.50. The number of hydrogen-bond acceptors (Lipinski definition) is 3. The van der Waals surface area contributed by atoms with Gasteiger partial charge in [-0.1, -0.05) is 0 Å². The molecule has 7 heteroatoms. The number of carbonyl (C=O) groups is 1. The van der Waals surface area contributed by atoms with Crippen molar-refractivity contribution in [3.05, 3.63) is 0 Å². The van der Waals surface area contributed by atoms with E-state index in [1.165, 1.54) is 13.8 Å². The largest absolute Gasteiger partial charge is 0.480 e. The average Bonchev–Trinajstić information content (AvgIpc) is 2.08. The van der Waals surface area contributed by atoms with Gasteiger partial charge in [0.15, 0.2) is 0 Å². The van der Waals surface area contributed by atoms with Crippen LogP contribution in [0, 0.1) is 0 Å². The zero-order valence-electron chi connectivity index (χ0n) is 9.29. The van der Waals surface area contributed by atoms with Gasteiger partial charge in [-0.05, 0) is 26.8 Å². The van der Waals surface area contributed by atoms with Gasteiger partial charge in [0.25, 0.3) is 0 Å². The fourth-order valence-electron chi connectivity index (χ4n) is 1.45. The summed E-state index contributed by atoms with van der Waals surface area (Å²) in [7, 11) is 0. The molecular weight excluding hydrogens is 225 g/mol. The molecule has 3 N–H and O–H groups in total. The molecule has 4 nitrogen and oxygen atoms in total. The van der Waals surface area contributed by atoms with Crippen LogP contribution in [-0.2, 0) is 4.79 Å². The van der Waals surface area contributed by atoms with Crippen molar-refractivity contribution in [3.63, 3.8) is 0 Å². The topological polar surface area (TPSA) is 66.6 Å². The molecule has 16 heavy (non-hydrogen) atoms. The van der Waals surface area contributed by atoms with Crippen molar-refractivity contribution in [1.29, 1.82) is 0 Å². The highest BCUT2D eigenvalue weighted by molar-refractivity contribution is 5.73. The molecule has 0 heterocycles. The van der Waals surface area contributed by atoms with Gasteiger partial charge < -0.3 is 10.8 Å². The lowest BCUT2D eigenvalue weighted by atomic mass is 10.1. The quantitative estimate of drug-likeness (QED) is 0.731. The van der Waals surface area contributed by atoms with Crippen LogP contribution in [0.1, 0.15) is 20.3 Å². The molecule has 0 radical (unpaired) electrons. The van der Waals surface area contributed by atoms with Gasteiger partial charge >= 0.3 is 12.1 Å². The third-order valence-corrected chi connectivity index (χ3v) is 2.15. The predicted octanol–water partition coefficient (Wildman–Crippen LogP) is 1.06. The first-order valence-electron chi connectivity index (χ1n) is 4.94. The first-order valence-corrected chi connectivity index (χ1v) is 4.94. The average molecular weight is 242 g/mol. The number of hydrogen-bond donors (Lipinski definition) is 2. The van der Waals surface area contributed by atoms with Crippen LogP contribution < -0.4 is 5.73 Å². The molecule has 0 amide bonds. The molecule has 0 saturated carbocycles. The summed E-state index contributed by atoms with van der Waals surface area (Å²) >= 11 is 0. The number of aliphatic carboxylic acids is 1. The highest BCUT2D eigenvalue weighted by atomic mass is 19.4. The molecule has 96 valence electrons. The second-order valence-corrected chi connectivity index (χ2v) is 3.81. The zero-order valence-corrected chi connectivity index (χ0v) is 9.29. The molecule has 1 unspecified atom stereocenters. The van der Waals surface area contributed by atoms with E-state index >= 15 is 0 Å². The third-order valence-electron chi connectivity index (χ3n) is 2.15. The highest BCUT2D eigenvalue weighted by Crippen LogP contribution is 2.21. The molecule has 0 saturated heterocycles. The fraction of sp³-hybridized carbons (Fsp3) is 0.889. The lowest BCUT2D eigenvalue weighted by molar-refractivity contribution is -0.165. The van der Waals surface area contributed by atoms with E-state index in [1.54, 1.807) is 0 Å². The Morgan fingerprint density at radius 1 is 1.44 bits per heavy atom. The van der Waals surface area contributed by atoms with Gasteiger partial charge in [0.2, 0.25) is 0 Å². The molecule has 0 aromatic heterocycles. The van der Waals surface area contributed by atoms with Crippen molar-refractivity contribution in [2.75, 3.05) is 13.1 Å². The standard InChI is InChI=1S/C9H17F3N2O2/c1-6(2)14(5-9(10,11)12)7(3-4-13)8(15)16/h6-7H,3-5,13H2,1-2H3,(H,15,16). The number of nitrogens with two attached hydrogens (primary N) is 1. The van der Waals surface area contributed by atoms with Gasteiger partial charge in [0.05, 0.1) is 6.54 Å². The Morgan fingerprint density at radius 2 is 1.94 bits per heavy atom. The zero-order chi connectivity index (χ0) is 12.9. The van der Waals surface area contributed by atoms with Gasteiger partial charge in [-0.2, -0.15) is 13.2 Å². The van der Waals surface area contributed by atoms with Crippen LogP contribution in [0.2, 0.25) is 0 Å². The monoisotopic (exact) mass is 242 g/mol. The van der Waals surface area contributed by atoms with Gasteiger partial charge in [-0.3, -0.25) is 9.69 Å². The first-order chi connectivity index (χ1) is 7.19. The molecule has 0 aliphatic rings. The summed E-state index contributed by atoms with van der Waals surface area (Å²) in [6.45, 7) is 1.86. The SMILES string of the molecule is CC(C)N(CC(F)(F)F)C(CCN)C(=O)O. The Kier molecular flexibility index (Phi) is 5.74. The van der Waals surface area contributed by atoms with Gasteiger partial charge in [-0.15, -0.1) is 0 Å². The molecule has 0 bridgehead atoms. The molecular formula is C9H17F3N2O2. The van der Waals surface area contributed by atoms with Crippen molar-refractivity contribution < 1.29 is 23.1 Å². The summed E-state index contributed by atoms with van der Waals surface area (Å²) in [4.78, 5) is 11.8. The number of rotatable bonds is 6. The third kappa shape index (κ3) is 5.32. The van der Waals surface area contributed by atoms with E-state index in [2.05, 4.69) is 0 Å². The van der Waals surface area contributed by atoms with Crippen molar-refractivity contribution in [2.45, 2.75) is 38.5 Å². The Hall–Kier alpha value is -0.820. The van der Waals surface area contributed by atoms with Gasteiger partial charge in [0.1, 0.15) is 6.04 Å². The van der Waals surface area contributed by atoms with E-state index in [4.69, 9.17) is 10.8 Å². The Labute approximate surface area is 92.2 Å². The molecule has 0 fully saturated rings. The second-order valence-electron chi connectivity index (χ2n) is 3.81. The minimum absolute atomic E-state index is 0.00356. The molecule has 1 atom stereocenters. The van der Waals surface area contributed by atoms with Crippen molar-refractivity contribution >= 4 is 5.97 Å². The summed E-state index contributed by atoms with van der Waals surface area (Å²) in [5.74, 6) is -1.27. The number of carboxylic acids is 1. The molecule has 0 aromatic rings. The van der Waals surface area contributed by atoms with Crippen molar-refractivity contribution in [1.82, 2.24) is 4.90 Å². The van der Waals surface area contributed by atoms with E-state index in [9.17, 15) is 18.0 Å². The van der Waals surface area contributed by atoms with Crippen LogP contribution in [-0.4, -0.2) is 47.3 Å². The molecule has 0 aliphatic heterocycles. The van der Waals surface area contributed by atoms with Crippen LogP contribution in [0.4, 0.5) is 13.2 Å². The number of carboxylic acid groups (broad SMARTS) is 1. The normalized spacial score (nSPS) is 14.5. The maximum atomic E-state index is 12.3. The van der Waals surface area contributed by atoms with Gasteiger partial charge in [0, 0.05) is 6.04 Å². The lowest BCUT2D eigenvalue weighted by Gasteiger charge is -2.32. The second kappa shape index (κ2) is 6.05. The molecule has 0 rings (SSSR count). The predicted molar refractivity (Wildman–Crippen MR) is 53.0 cm³/mol. The van der Waals surface area contributed by atoms with E-state index < -0.39 is 30.8 Å². The van der Waals surface area contributed by atoms with E-state index in [1.807, 2.05) is 0 Å². The van der Waals surface area contributed by atoms with Crippen molar-refractivity contribution in [2.24, 2.45) is 5.73 Å². The summed E-state index contributed by atoms with van der Waals surface area (Å²) in [5.41, 5.74) is 5.20. The first kappa shape index (κ1) is 15.2. The molecule has 0 aromatic carbocycles. The summed E-state index contributed by atoms with van der Waals surface area (Å²) in [6, 6.07) is -1.69. The maximum absolute atomic E-state index is 12.3. The van der Waals surface area contributed by atoms with E-state index in [-0.39, 0.29) is 13.0 Å². The minimum Gasteiger partial charge on any atom is -0.480 e. The molecule has 0 spiro atoms. The van der Waals surface area contributed by atoms with Gasteiger partial charge in [-0.25, -0.2) is 0 Å². The van der Waals surface area contributed by atoms with E-state index in [0.717, 1.165) is 4.90 Å². The van der Waals surface area contributed by atoms with Crippen LogP contribution in [0.25, 0.3) is 0 Å². The maximum Gasteiger partial charge on any atom is 0.401 e. The smallest absolute Gasteiger partial charge is 0.401 e. The van der Waals surface area contributed by atoms with Crippen LogP contribution in [0.3, 0.4) is 0 Å². The minimum atomic E-state index is -4.41. The van der Waals surface area contributed by atoms with Crippen molar-refractivity contribution in [3.8, 4) is 0 Å².